The highest BCUT2D eigenvalue weighted by Gasteiger charge is 2.11. The molecular weight excluding hydrogens is 210 g/mol. The van der Waals surface area contributed by atoms with Crippen molar-refractivity contribution >= 4 is 16.6 Å². The molecule has 1 aromatic carbocycles. The summed E-state index contributed by atoms with van der Waals surface area (Å²) in [5, 5.41) is 1.11. The molecule has 1 aromatic heterocycles. The zero-order valence-electron chi connectivity index (χ0n) is 10.9. The number of aryl methyl sites for hydroxylation is 3. The van der Waals surface area contributed by atoms with E-state index in [0.717, 1.165) is 34.3 Å². The smallest absolute Gasteiger partial charge is 0.0756 e. The molecule has 0 aliphatic heterocycles. The zero-order valence-corrected chi connectivity index (χ0v) is 10.9. The summed E-state index contributed by atoms with van der Waals surface area (Å²) >= 11 is 0. The van der Waals surface area contributed by atoms with Crippen LogP contribution in [0.5, 0.6) is 0 Å². The lowest BCUT2D eigenvalue weighted by molar-refractivity contribution is 1.02. The molecule has 0 amide bonds. The molecular formula is C14H19N3. The van der Waals surface area contributed by atoms with E-state index in [1.54, 1.807) is 0 Å². The van der Waals surface area contributed by atoms with Crippen LogP contribution in [-0.2, 0) is 6.42 Å². The summed E-state index contributed by atoms with van der Waals surface area (Å²) in [6.07, 6.45) is 0.920. The molecule has 3 nitrogen and oxygen atoms in total. The molecule has 0 fully saturated rings. The van der Waals surface area contributed by atoms with Gasteiger partial charge in [-0.1, -0.05) is 18.6 Å². The van der Waals surface area contributed by atoms with Crippen molar-refractivity contribution in [3.05, 3.63) is 34.5 Å². The number of benzene rings is 1. The Morgan fingerprint density at radius 3 is 2.53 bits per heavy atom. The molecule has 3 N–H and O–H groups in total. The number of nitrogen functional groups attached to an aromatic ring is 1. The molecule has 0 bridgehead atoms. The first-order chi connectivity index (χ1) is 8.08. The molecule has 2 rings (SSSR count). The Bertz CT molecular complexity index is 573. The van der Waals surface area contributed by atoms with E-state index in [9.17, 15) is 0 Å². The molecule has 3 heteroatoms. The van der Waals surface area contributed by atoms with Gasteiger partial charge in [-0.15, -0.1) is 0 Å². The van der Waals surface area contributed by atoms with Gasteiger partial charge in [0.2, 0.25) is 0 Å². The van der Waals surface area contributed by atoms with Gasteiger partial charge >= 0.3 is 0 Å². The van der Waals surface area contributed by atoms with Crippen LogP contribution in [0.15, 0.2) is 12.1 Å². The first-order valence-electron chi connectivity index (χ1n) is 5.95. The summed E-state index contributed by atoms with van der Waals surface area (Å²) in [5.41, 5.74) is 9.56. The average molecular weight is 229 g/mol. The maximum absolute atomic E-state index is 5.66. The second-order valence-corrected chi connectivity index (χ2v) is 4.53. The molecule has 2 aromatic rings. The van der Waals surface area contributed by atoms with Crippen LogP contribution in [0.1, 0.15) is 29.3 Å². The Morgan fingerprint density at radius 1 is 1.24 bits per heavy atom. The second kappa shape index (κ2) is 4.34. The van der Waals surface area contributed by atoms with Crippen molar-refractivity contribution in [3.8, 4) is 0 Å². The molecule has 0 atom stereocenters. The number of nitrogens with one attached hydrogen (secondary N) is 1. The summed E-state index contributed by atoms with van der Waals surface area (Å²) in [7, 11) is 0. The topological polar surface area (TPSA) is 50.9 Å². The van der Waals surface area contributed by atoms with Crippen molar-refractivity contribution in [1.29, 1.82) is 0 Å². The fourth-order valence-electron chi connectivity index (χ4n) is 2.39. The summed E-state index contributed by atoms with van der Waals surface area (Å²) in [6, 6.07) is 4.29. The Balaban J connectivity index is 2.92. The summed E-state index contributed by atoms with van der Waals surface area (Å²) in [4.78, 5) is 4.75. The Hall–Kier alpha value is -1.61. The van der Waals surface area contributed by atoms with E-state index in [-0.39, 0.29) is 0 Å². The van der Waals surface area contributed by atoms with Gasteiger partial charge in [0.25, 0.3) is 0 Å². The third-order valence-electron chi connectivity index (χ3n) is 3.25. The first-order valence-corrected chi connectivity index (χ1v) is 5.95. The minimum Gasteiger partial charge on any atom is -0.323 e. The van der Waals surface area contributed by atoms with Crippen LogP contribution in [-0.4, -0.2) is 4.98 Å². The molecule has 0 unspecified atom stereocenters. The third-order valence-corrected chi connectivity index (χ3v) is 3.25. The molecule has 0 aliphatic carbocycles. The largest absolute Gasteiger partial charge is 0.323 e. The average Bonchev–Trinajstić information content (AvgIpc) is 2.28. The molecule has 1 heterocycles. The van der Waals surface area contributed by atoms with Crippen molar-refractivity contribution in [2.24, 2.45) is 5.84 Å². The number of nitrogens with zero attached hydrogens (tertiary/aromatic N) is 1. The number of hydrogen-bond acceptors (Lipinski definition) is 3. The van der Waals surface area contributed by atoms with Crippen molar-refractivity contribution in [1.82, 2.24) is 4.98 Å². The summed E-state index contributed by atoms with van der Waals surface area (Å²) < 4.78 is 0. The van der Waals surface area contributed by atoms with Crippen molar-refractivity contribution in [2.75, 3.05) is 5.43 Å². The number of rotatable bonds is 2. The Kier molecular flexibility index (Phi) is 3.03. The van der Waals surface area contributed by atoms with E-state index < -0.39 is 0 Å². The van der Waals surface area contributed by atoms with Gasteiger partial charge in [-0.3, -0.25) is 10.8 Å². The zero-order chi connectivity index (χ0) is 12.6. The van der Waals surface area contributed by atoms with Crippen LogP contribution in [0.4, 0.5) is 5.69 Å². The van der Waals surface area contributed by atoms with Gasteiger partial charge in [0.1, 0.15) is 0 Å². The number of pyridine rings is 1. The lowest BCUT2D eigenvalue weighted by atomic mass is 10.0. The van der Waals surface area contributed by atoms with Crippen LogP contribution in [0.25, 0.3) is 10.9 Å². The molecule has 0 spiro atoms. The molecule has 17 heavy (non-hydrogen) atoms. The summed E-state index contributed by atoms with van der Waals surface area (Å²) in [6.45, 7) is 8.37. The van der Waals surface area contributed by atoms with Crippen LogP contribution in [0.3, 0.4) is 0 Å². The molecule has 90 valence electrons. The number of fused-ring (bicyclic) bond motifs is 1. The van der Waals surface area contributed by atoms with E-state index in [0.29, 0.717) is 0 Å². The van der Waals surface area contributed by atoms with Crippen molar-refractivity contribution in [3.63, 3.8) is 0 Å². The maximum atomic E-state index is 5.66. The SMILES string of the molecule is CCc1nc2c(C)cc(C)cc2c(NN)c1C. The quantitative estimate of drug-likeness (QED) is 0.615. The van der Waals surface area contributed by atoms with Crippen LogP contribution < -0.4 is 11.3 Å². The second-order valence-electron chi connectivity index (χ2n) is 4.53. The van der Waals surface area contributed by atoms with Gasteiger partial charge in [-0.05, 0) is 44.4 Å². The lowest BCUT2D eigenvalue weighted by Crippen LogP contribution is -2.11. The van der Waals surface area contributed by atoms with Crippen molar-refractivity contribution < 1.29 is 0 Å². The normalized spacial score (nSPS) is 10.9. The van der Waals surface area contributed by atoms with Crippen LogP contribution in [0, 0.1) is 20.8 Å². The number of hydrazine groups is 1. The van der Waals surface area contributed by atoms with Gasteiger partial charge in [-0.25, -0.2) is 0 Å². The highest BCUT2D eigenvalue weighted by Crippen LogP contribution is 2.30. The van der Waals surface area contributed by atoms with Crippen LogP contribution >= 0.6 is 0 Å². The fourth-order valence-corrected chi connectivity index (χ4v) is 2.39. The third kappa shape index (κ3) is 1.87. The van der Waals surface area contributed by atoms with E-state index in [1.807, 2.05) is 0 Å². The highest BCUT2D eigenvalue weighted by atomic mass is 15.2. The number of aromatic nitrogens is 1. The maximum Gasteiger partial charge on any atom is 0.0756 e. The minimum absolute atomic E-state index is 0.920. The van der Waals surface area contributed by atoms with E-state index in [2.05, 4.69) is 45.3 Å². The molecule has 0 saturated carbocycles. The Labute approximate surface area is 102 Å². The van der Waals surface area contributed by atoms with Gasteiger partial charge in [-0.2, -0.15) is 0 Å². The summed E-state index contributed by atoms with van der Waals surface area (Å²) in [5.74, 6) is 5.66. The standard InChI is InChI=1S/C14H19N3/c1-5-12-10(4)14(17-15)11-7-8(2)6-9(3)13(11)16-12/h6-7H,5,15H2,1-4H3,(H,16,17). The molecule has 0 radical (unpaired) electrons. The van der Waals surface area contributed by atoms with E-state index in [4.69, 9.17) is 10.8 Å². The number of hydrogen-bond donors (Lipinski definition) is 2. The number of anilines is 1. The predicted molar refractivity (Wildman–Crippen MR) is 73.1 cm³/mol. The predicted octanol–water partition coefficient (Wildman–Crippen LogP) is 3.01. The van der Waals surface area contributed by atoms with Gasteiger partial charge < -0.3 is 5.43 Å². The van der Waals surface area contributed by atoms with E-state index >= 15 is 0 Å². The van der Waals surface area contributed by atoms with Gasteiger partial charge in [0.15, 0.2) is 0 Å². The van der Waals surface area contributed by atoms with E-state index in [1.165, 1.54) is 11.1 Å². The Morgan fingerprint density at radius 2 is 1.94 bits per heavy atom. The van der Waals surface area contributed by atoms with Crippen LogP contribution in [0.2, 0.25) is 0 Å². The number of nitrogens with two attached hydrogens (primary N) is 1. The first kappa shape index (κ1) is 11.9. The molecule has 0 saturated heterocycles. The lowest BCUT2D eigenvalue weighted by Gasteiger charge is -2.15. The van der Waals surface area contributed by atoms with Gasteiger partial charge in [0, 0.05) is 11.1 Å². The fraction of sp³-hybridized carbons (Fsp3) is 0.357. The van der Waals surface area contributed by atoms with Crippen molar-refractivity contribution in [2.45, 2.75) is 34.1 Å². The molecule has 0 aliphatic rings. The minimum atomic E-state index is 0.920. The monoisotopic (exact) mass is 229 g/mol. The van der Waals surface area contributed by atoms with Gasteiger partial charge in [0.05, 0.1) is 11.2 Å². The highest BCUT2D eigenvalue weighted by molar-refractivity contribution is 5.95.